The molecule has 0 amide bonds. The van der Waals surface area contributed by atoms with Gasteiger partial charge in [0.2, 0.25) is 10.0 Å². The molecule has 0 spiro atoms. The van der Waals surface area contributed by atoms with E-state index in [2.05, 4.69) is 4.90 Å². The first-order valence-corrected chi connectivity index (χ1v) is 11.0. The van der Waals surface area contributed by atoms with Gasteiger partial charge in [0.25, 0.3) is 0 Å². The van der Waals surface area contributed by atoms with Crippen LogP contribution in [0.3, 0.4) is 0 Å². The Morgan fingerprint density at radius 3 is 1.97 bits per heavy atom. The molecular weight excluding hydrogens is 416 g/mol. The molecule has 1 aliphatic rings. The molecule has 1 heterocycles. The van der Waals surface area contributed by atoms with Gasteiger partial charge in [-0.2, -0.15) is 4.31 Å². The van der Waals surface area contributed by atoms with E-state index < -0.39 is 10.0 Å². The molecule has 0 radical (unpaired) electrons. The lowest BCUT2D eigenvalue weighted by Crippen LogP contribution is -2.48. The average Bonchev–Trinajstić information content (AvgIpc) is 2.74. The summed E-state index contributed by atoms with van der Waals surface area (Å²) in [4.78, 5) is 2.45. The predicted octanol–water partition coefficient (Wildman–Crippen LogP) is 2.87. The Hall–Kier alpha value is -2.00. The van der Waals surface area contributed by atoms with E-state index in [1.807, 2.05) is 6.07 Å². The van der Waals surface area contributed by atoms with E-state index in [1.54, 1.807) is 51.7 Å². The molecule has 29 heavy (non-hydrogen) atoms. The largest absolute Gasteiger partial charge is 0.496 e. The lowest BCUT2D eigenvalue weighted by molar-refractivity contribution is 0.179. The highest BCUT2D eigenvalue weighted by molar-refractivity contribution is 7.89. The monoisotopic (exact) mass is 440 g/mol. The summed E-state index contributed by atoms with van der Waals surface area (Å²) in [6, 6.07) is 9.96. The molecule has 0 N–H and O–H groups in total. The highest BCUT2D eigenvalue weighted by Gasteiger charge is 2.29. The molecule has 0 aliphatic carbocycles. The third-order valence-corrected chi connectivity index (χ3v) is 7.13. The summed E-state index contributed by atoms with van der Waals surface area (Å²) in [6.07, 6.45) is 0. The van der Waals surface area contributed by atoms with Crippen molar-refractivity contribution in [2.75, 3.05) is 47.5 Å². The van der Waals surface area contributed by atoms with Gasteiger partial charge >= 0.3 is 0 Å². The zero-order chi connectivity index (χ0) is 21.0. The van der Waals surface area contributed by atoms with Crippen molar-refractivity contribution in [3.05, 3.63) is 47.0 Å². The Bertz CT molecular complexity index is 942. The Morgan fingerprint density at radius 2 is 1.41 bits per heavy atom. The van der Waals surface area contributed by atoms with Crippen LogP contribution in [0.1, 0.15) is 5.56 Å². The summed E-state index contributed by atoms with van der Waals surface area (Å²) in [5.41, 5.74) is 0.958. The van der Waals surface area contributed by atoms with E-state index in [4.69, 9.17) is 25.8 Å². The maximum Gasteiger partial charge on any atom is 0.243 e. The predicted molar refractivity (Wildman–Crippen MR) is 112 cm³/mol. The van der Waals surface area contributed by atoms with Gasteiger partial charge in [-0.05, 0) is 30.3 Å². The molecule has 1 saturated heterocycles. The molecule has 0 bridgehead atoms. The molecular formula is C20H25ClN2O5S. The number of sulfonamides is 1. The van der Waals surface area contributed by atoms with E-state index in [9.17, 15) is 8.42 Å². The number of ether oxygens (including phenoxy) is 3. The number of piperazine rings is 1. The second-order valence-corrected chi connectivity index (χ2v) is 9.03. The maximum absolute atomic E-state index is 12.8. The van der Waals surface area contributed by atoms with E-state index in [1.165, 1.54) is 4.31 Å². The number of benzene rings is 2. The second kappa shape index (κ2) is 9.21. The van der Waals surface area contributed by atoms with E-state index in [-0.39, 0.29) is 4.90 Å². The van der Waals surface area contributed by atoms with E-state index in [0.717, 1.165) is 5.56 Å². The highest BCUT2D eigenvalue weighted by Crippen LogP contribution is 2.35. The normalized spacial score (nSPS) is 15.9. The van der Waals surface area contributed by atoms with Crippen LogP contribution < -0.4 is 14.2 Å². The molecule has 0 atom stereocenters. The SMILES string of the molecule is COc1cc(OC)c(OC)cc1CN1CCN(S(=O)(=O)c2ccc(Cl)cc2)CC1. The Balaban J connectivity index is 1.69. The number of nitrogens with zero attached hydrogens (tertiary/aromatic N) is 2. The molecule has 0 saturated carbocycles. The number of hydrogen-bond donors (Lipinski definition) is 0. The van der Waals surface area contributed by atoms with Crippen LogP contribution in [0.5, 0.6) is 17.2 Å². The van der Waals surface area contributed by atoms with Crippen LogP contribution in [0.2, 0.25) is 5.02 Å². The van der Waals surface area contributed by atoms with Gasteiger partial charge in [0.05, 0.1) is 26.2 Å². The van der Waals surface area contributed by atoms with Gasteiger partial charge in [-0.25, -0.2) is 8.42 Å². The summed E-state index contributed by atoms with van der Waals surface area (Å²) >= 11 is 5.87. The molecule has 1 fully saturated rings. The minimum absolute atomic E-state index is 0.261. The molecule has 158 valence electrons. The fourth-order valence-corrected chi connectivity index (χ4v) is 4.89. The van der Waals surface area contributed by atoms with Crippen molar-refractivity contribution in [2.24, 2.45) is 0 Å². The quantitative estimate of drug-likeness (QED) is 0.659. The third kappa shape index (κ3) is 4.78. The van der Waals surface area contributed by atoms with Gasteiger partial charge in [-0.15, -0.1) is 0 Å². The van der Waals surface area contributed by atoms with Crippen molar-refractivity contribution in [1.29, 1.82) is 0 Å². The fraction of sp³-hybridized carbons (Fsp3) is 0.400. The summed E-state index contributed by atoms with van der Waals surface area (Å²) in [6.45, 7) is 2.69. The highest BCUT2D eigenvalue weighted by atomic mass is 35.5. The van der Waals surface area contributed by atoms with Crippen LogP contribution >= 0.6 is 11.6 Å². The molecule has 2 aromatic rings. The third-order valence-electron chi connectivity index (χ3n) is 4.96. The topological polar surface area (TPSA) is 68.3 Å². The zero-order valence-electron chi connectivity index (χ0n) is 16.7. The lowest BCUT2D eigenvalue weighted by Gasteiger charge is -2.34. The van der Waals surface area contributed by atoms with Crippen molar-refractivity contribution >= 4 is 21.6 Å². The fourth-order valence-electron chi connectivity index (χ4n) is 3.34. The first kappa shape index (κ1) is 21.7. The number of hydrogen-bond acceptors (Lipinski definition) is 6. The Kier molecular flexibility index (Phi) is 6.89. The van der Waals surface area contributed by atoms with Crippen molar-refractivity contribution in [2.45, 2.75) is 11.4 Å². The summed E-state index contributed by atoms with van der Waals surface area (Å²) in [5.74, 6) is 1.94. The molecule has 7 nitrogen and oxygen atoms in total. The van der Waals surface area contributed by atoms with Crippen molar-refractivity contribution in [1.82, 2.24) is 9.21 Å². The maximum atomic E-state index is 12.8. The smallest absolute Gasteiger partial charge is 0.243 e. The van der Waals surface area contributed by atoms with Crippen LogP contribution in [0.15, 0.2) is 41.3 Å². The standard InChI is InChI=1S/C20H25ClN2O5S/c1-26-18-13-20(28-3)19(27-2)12-15(18)14-22-8-10-23(11-9-22)29(24,25)17-6-4-16(21)5-7-17/h4-7,12-13H,8-11,14H2,1-3H3. The molecule has 2 aromatic carbocycles. The lowest BCUT2D eigenvalue weighted by atomic mass is 10.1. The van der Waals surface area contributed by atoms with Crippen molar-refractivity contribution < 1.29 is 22.6 Å². The number of rotatable bonds is 7. The minimum atomic E-state index is -3.52. The van der Waals surface area contributed by atoms with Crippen LogP contribution in [-0.2, 0) is 16.6 Å². The van der Waals surface area contributed by atoms with Crippen LogP contribution in [0, 0.1) is 0 Å². The minimum Gasteiger partial charge on any atom is -0.496 e. The van der Waals surface area contributed by atoms with E-state index in [0.29, 0.717) is 55.0 Å². The van der Waals surface area contributed by atoms with Crippen molar-refractivity contribution in [3.63, 3.8) is 0 Å². The summed E-state index contributed by atoms with van der Waals surface area (Å²) in [5, 5.41) is 0.512. The number of halogens is 1. The van der Waals surface area contributed by atoms with Crippen LogP contribution in [0.4, 0.5) is 0 Å². The molecule has 1 aliphatic heterocycles. The second-order valence-electron chi connectivity index (χ2n) is 6.65. The Morgan fingerprint density at radius 1 is 0.862 bits per heavy atom. The zero-order valence-corrected chi connectivity index (χ0v) is 18.3. The van der Waals surface area contributed by atoms with Crippen LogP contribution in [-0.4, -0.2) is 65.1 Å². The van der Waals surface area contributed by atoms with Gasteiger partial charge in [-0.1, -0.05) is 11.6 Å². The van der Waals surface area contributed by atoms with Gasteiger partial charge in [0, 0.05) is 49.4 Å². The summed E-state index contributed by atoms with van der Waals surface area (Å²) in [7, 11) is 1.26. The molecule has 3 rings (SSSR count). The Labute approximate surface area is 176 Å². The average molecular weight is 441 g/mol. The first-order valence-electron chi connectivity index (χ1n) is 9.16. The van der Waals surface area contributed by atoms with E-state index >= 15 is 0 Å². The van der Waals surface area contributed by atoms with Gasteiger partial charge in [0.15, 0.2) is 11.5 Å². The van der Waals surface area contributed by atoms with Gasteiger partial charge in [0.1, 0.15) is 5.75 Å². The van der Waals surface area contributed by atoms with Crippen LogP contribution in [0.25, 0.3) is 0 Å². The van der Waals surface area contributed by atoms with Gasteiger partial charge in [-0.3, -0.25) is 4.90 Å². The molecule has 9 heteroatoms. The summed E-state index contributed by atoms with van der Waals surface area (Å²) < 4.78 is 43.4. The molecule has 0 aromatic heterocycles. The number of methoxy groups -OCH3 is 3. The molecule has 0 unspecified atom stereocenters. The van der Waals surface area contributed by atoms with Gasteiger partial charge < -0.3 is 14.2 Å². The first-order chi connectivity index (χ1) is 13.9. The van der Waals surface area contributed by atoms with Crippen molar-refractivity contribution in [3.8, 4) is 17.2 Å².